The van der Waals surface area contributed by atoms with Gasteiger partial charge in [-0.15, -0.1) is 0 Å². The highest BCUT2D eigenvalue weighted by Gasteiger charge is 2.34. The van der Waals surface area contributed by atoms with Crippen LogP contribution >= 0.6 is 0 Å². The van der Waals surface area contributed by atoms with Gasteiger partial charge < -0.3 is 15.4 Å². The zero-order chi connectivity index (χ0) is 19.6. The Morgan fingerprint density at radius 3 is 2.33 bits per heavy atom. The molecule has 27 heavy (non-hydrogen) atoms. The number of amides is 3. The number of nitrogens with one attached hydrogen (secondary N) is 2. The highest BCUT2D eigenvalue weighted by Crippen LogP contribution is 2.22. The summed E-state index contributed by atoms with van der Waals surface area (Å²) in [5, 5.41) is 5.83. The Morgan fingerprint density at radius 1 is 1.19 bits per heavy atom. The van der Waals surface area contributed by atoms with Crippen molar-refractivity contribution < 1.29 is 14.3 Å². The van der Waals surface area contributed by atoms with E-state index in [0.29, 0.717) is 13.1 Å². The van der Waals surface area contributed by atoms with Gasteiger partial charge in [-0.3, -0.25) is 14.6 Å². The number of carbonyl (C=O) groups excluding carboxylic acids is 2. The quantitative estimate of drug-likeness (QED) is 0.829. The van der Waals surface area contributed by atoms with Gasteiger partial charge in [-0.1, -0.05) is 13.8 Å². The van der Waals surface area contributed by atoms with E-state index in [1.807, 2.05) is 38.1 Å². The average molecular weight is 374 g/mol. The van der Waals surface area contributed by atoms with Crippen LogP contribution in [0, 0.1) is 5.92 Å². The molecule has 1 aromatic rings. The van der Waals surface area contributed by atoms with Crippen LogP contribution in [0.5, 0.6) is 0 Å². The van der Waals surface area contributed by atoms with Gasteiger partial charge in [-0.05, 0) is 44.0 Å². The van der Waals surface area contributed by atoms with Crippen molar-refractivity contribution in [2.75, 3.05) is 36.4 Å². The lowest BCUT2D eigenvalue weighted by molar-refractivity contribution is -0.130. The summed E-state index contributed by atoms with van der Waals surface area (Å²) in [5.41, 5.74) is 1.57. The van der Waals surface area contributed by atoms with E-state index < -0.39 is 0 Å². The van der Waals surface area contributed by atoms with Gasteiger partial charge in [0.2, 0.25) is 5.91 Å². The Labute approximate surface area is 161 Å². The summed E-state index contributed by atoms with van der Waals surface area (Å²) in [6, 6.07) is 7.14. The maximum absolute atomic E-state index is 13.0. The summed E-state index contributed by atoms with van der Waals surface area (Å²) >= 11 is 0. The monoisotopic (exact) mass is 374 g/mol. The van der Waals surface area contributed by atoms with E-state index in [0.717, 1.165) is 24.5 Å². The Hall–Kier alpha value is -2.12. The second kappa shape index (κ2) is 8.27. The minimum atomic E-state index is -0.206. The van der Waals surface area contributed by atoms with Gasteiger partial charge >= 0.3 is 6.03 Å². The van der Waals surface area contributed by atoms with Crippen molar-refractivity contribution in [2.24, 2.45) is 5.92 Å². The number of hydrogen-bond acceptors (Lipinski definition) is 4. The molecule has 2 heterocycles. The first-order valence-corrected chi connectivity index (χ1v) is 9.71. The molecule has 0 spiro atoms. The van der Waals surface area contributed by atoms with Gasteiger partial charge in [0.15, 0.2) is 0 Å². The van der Waals surface area contributed by atoms with Crippen molar-refractivity contribution in [3.63, 3.8) is 0 Å². The molecule has 7 heteroatoms. The number of morpholine rings is 1. The summed E-state index contributed by atoms with van der Waals surface area (Å²) in [7, 11) is 0. The van der Waals surface area contributed by atoms with Gasteiger partial charge in [-0.2, -0.15) is 0 Å². The molecule has 3 atom stereocenters. The molecule has 2 N–H and O–H groups in total. The van der Waals surface area contributed by atoms with Crippen LogP contribution in [0.15, 0.2) is 24.3 Å². The maximum atomic E-state index is 13.0. The zero-order valence-electron chi connectivity index (χ0n) is 16.6. The fourth-order valence-corrected chi connectivity index (χ4v) is 3.99. The standard InChI is InChI=1S/C20H30N4O3/c1-13(2)18(23-11-14(3)27-15(4)12-23)19(25)22-16-5-7-17(8-6-16)24-10-9-21-20(24)26/h5-8,13-15,18H,9-12H2,1-4H3,(H,21,26)(H,22,25)/t14-,15-,18-/m1/s1. The fourth-order valence-electron chi connectivity index (χ4n) is 3.99. The van der Waals surface area contributed by atoms with Crippen molar-refractivity contribution in [1.82, 2.24) is 10.2 Å². The van der Waals surface area contributed by atoms with Crippen molar-refractivity contribution in [2.45, 2.75) is 45.9 Å². The molecule has 2 fully saturated rings. The number of rotatable bonds is 5. The van der Waals surface area contributed by atoms with E-state index in [4.69, 9.17) is 4.74 Å². The van der Waals surface area contributed by atoms with Crippen LogP contribution in [0.25, 0.3) is 0 Å². The van der Waals surface area contributed by atoms with Crippen LogP contribution in [0.3, 0.4) is 0 Å². The molecule has 1 aromatic carbocycles. The molecular weight excluding hydrogens is 344 g/mol. The number of carbonyl (C=O) groups is 2. The topological polar surface area (TPSA) is 73.9 Å². The summed E-state index contributed by atoms with van der Waals surface area (Å²) in [5.74, 6) is 0.188. The van der Waals surface area contributed by atoms with Crippen molar-refractivity contribution in [3.8, 4) is 0 Å². The van der Waals surface area contributed by atoms with Gasteiger partial charge in [0.05, 0.1) is 18.2 Å². The summed E-state index contributed by atoms with van der Waals surface area (Å²) in [6.07, 6.45) is 0.238. The van der Waals surface area contributed by atoms with E-state index in [9.17, 15) is 9.59 Å². The third-order valence-electron chi connectivity index (χ3n) is 5.04. The highest BCUT2D eigenvalue weighted by molar-refractivity contribution is 5.96. The first-order chi connectivity index (χ1) is 12.8. The second-order valence-corrected chi connectivity index (χ2v) is 7.82. The minimum Gasteiger partial charge on any atom is -0.373 e. The van der Waals surface area contributed by atoms with Crippen molar-refractivity contribution in [3.05, 3.63) is 24.3 Å². The van der Waals surface area contributed by atoms with Crippen molar-refractivity contribution >= 4 is 23.3 Å². The normalized spacial score (nSPS) is 24.8. The number of benzene rings is 1. The fraction of sp³-hybridized carbons (Fsp3) is 0.600. The third-order valence-corrected chi connectivity index (χ3v) is 5.04. The van der Waals surface area contributed by atoms with E-state index >= 15 is 0 Å². The number of nitrogens with zero attached hydrogens (tertiary/aromatic N) is 2. The van der Waals surface area contributed by atoms with Crippen LogP contribution in [0.1, 0.15) is 27.7 Å². The Balaban J connectivity index is 1.67. The zero-order valence-corrected chi connectivity index (χ0v) is 16.6. The SMILES string of the molecule is CC(C)[C@H](C(=O)Nc1ccc(N2CCNC2=O)cc1)N1C[C@@H](C)O[C@H](C)C1. The van der Waals surface area contributed by atoms with E-state index in [2.05, 4.69) is 29.4 Å². The lowest BCUT2D eigenvalue weighted by Gasteiger charge is -2.41. The number of urea groups is 1. The molecule has 0 bridgehead atoms. The van der Waals surface area contributed by atoms with Crippen LogP contribution in [0.4, 0.5) is 16.2 Å². The molecule has 3 rings (SSSR count). The van der Waals surface area contributed by atoms with Crippen LogP contribution in [-0.4, -0.2) is 61.3 Å². The van der Waals surface area contributed by atoms with E-state index in [1.165, 1.54) is 0 Å². The molecule has 0 aliphatic carbocycles. The summed E-state index contributed by atoms with van der Waals surface area (Å²) < 4.78 is 5.80. The van der Waals surface area contributed by atoms with Crippen LogP contribution in [-0.2, 0) is 9.53 Å². The molecule has 0 radical (unpaired) electrons. The first kappa shape index (κ1) is 19.6. The predicted molar refractivity (Wildman–Crippen MR) is 106 cm³/mol. The van der Waals surface area contributed by atoms with Crippen LogP contribution in [0.2, 0.25) is 0 Å². The average Bonchev–Trinajstić information content (AvgIpc) is 3.00. The number of hydrogen-bond donors (Lipinski definition) is 2. The van der Waals surface area contributed by atoms with Gasteiger partial charge in [0.1, 0.15) is 0 Å². The molecule has 0 aromatic heterocycles. The molecule has 148 valence electrons. The van der Waals surface area contributed by atoms with Crippen LogP contribution < -0.4 is 15.5 Å². The van der Waals surface area contributed by atoms with E-state index in [-0.39, 0.29) is 36.1 Å². The second-order valence-electron chi connectivity index (χ2n) is 7.82. The van der Waals surface area contributed by atoms with E-state index in [1.54, 1.807) is 4.90 Å². The molecule has 0 saturated carbocycles. The molecule has 2 aliphatic heterocycles. The largest absolute Gasteiger partial charge is 0.373 e. The third kappa shape index (κ3) is 4.59. The molecule has 3 amide bonds. The number of ether oxygens (including phenoxy) is 1. The maximum Gasteiger partial charge on any atom is 0.321 e. The molecule has 2 saturated heterocycles. The lowest BCUT2D eigenvalue weighted by atomic mass is 9.99. The molecule has 2 aliphatic rings. The minimum absolute atomic E-state index is 0.00188. The number of anilines is 2. The van der Waals surface area contributed by atoms with Gasteiger partial charge in [0, 0.05) is 37.6 Å². The smallest absolute Gasteiger partial charge is 0.321 e. The Kier molecular flexibility index (Phi) is 6.01. The Bertz CT molecular complexity index is 666. The van der Waals surface area contributed by atoms with Gasteiger partial charge in [0.25, 0.3) is 0 Å². The molecule has 0 unspecified atom stereocenters. The highest BCUT2D eigenvalue weighted by atomic mass is 16.5. The van der Waals surface area contributed by atoms with Gasteiger partial charge in [-0.25, -0.2) is 4.79 Å². The first-order valence-electron chi connectivity index (χ1n) is 9.71. The Morgan fingerprint density at radius 2 is 1.81 bits per heavy atom. The summed E-state index contributed by atoms with van der Waals surface area (Å²) in [6.45, 7) is 11.1. The lowest BCUT2D eigenvalue weighted by Crippen LogP contribution is -2.55. The molecular formula is C20H30N4O3. The van der Waals surface area contributed by atoms with Crippen molar-refractivity contribution in [1.29, 1.82) is 0 Å². The summed E-state index contributed by atoms with van der Waals surface area (Å²) in [4.78, 5) is 28.7. The predicted octanol–water partition coefficient (Wildman–Crippen LogP) is 2.29. The molecule has 7 nitrogen and oxygen atoms in total.